The number of nitrogens with zero attached hydrogens (tertiary/aromatic N) is 1. The lowest BCUT2D eigenvalue weighted by Gasteiger charge is -2.44. The third-order valence-electron chi connectivity index (χ3n) is 3.26. The van der Waals surface area contributed by atoms with Gasteiger partial charge in [0.15, 0.2) is 0 Å². The second-order valence-electron chi connectivity index (χ2n) is 4.89. The minimum atomic E-state index is 0.152. The van der Waals surface area contributed by atoms with E-state index in [0.29, 0.717) is 11.9 Å². The number of amides is 1. The van der Waals surface area contributed by atoms with Crippen LogP contribution < -0.4 is 5.32 Å². The van der Waals surface area contributed by atoms with Crippen LogP contribution in [-0.2, 0) is 4.79 Å². The van der Waals surface area contributed by atoms with Crippen molar-refractivity contribution in [2.75, 3.05) is 13.1 Å². The molecule has 2 rings (SSSR count). The van der Waals surface area contributed by atoms with E-state index < -0.39 is 0 Å². The fourth-order valence-corrected chi connectivity index (χ4v) is 2.04. The molecular formula is C11H20N2O. The lowest BCUT2D eigenvalue weighted by molar-refractivity contribution is -0.139. The molecule has 0 aromatic carbocycles. The molecule has 1 aliphatic heterocycles. The Labute approximate surface area is 85.8 Å². The van der Waals surface area contributed by atoms with Crippen molar-refractivity contribution < 1.29 is 4.79 Å². The molecule has 1 saturated heterocycles. The predicted octanol–water partition coefficient (Wildman–Crippen LogP) is 0.995. The summed E-state index contributed by atoms with van der Waals surface area (Å²) in [7, 11) is 0. The highest BCUT2D eigenvalue weighted by Gasteiger charge is 2.33. The molecule has 0 aromatic rings. The molecule has 0 spiro atoms. The van der Waals surface area contributed by atoms with Gasteiger partial charge >= 0.3 is 0 Å². The van der Waals surface area contributed by atoms with Crippen LogP contribution in [0.25, 0.3) is 0 Å². The first-order valence-electron chi connectivity index (χ1n) is 5.71. The predicted molar refractivity (Wildman–Crippen MR) is 56.0 cm³/mol. The zero-order valence-electron chi connectivity index (χ0n) is 9.12. The Balaban J connectivity index is 1.66. The Morgan fingerprint density at radius 1 is 1.29 bits per heavy atom. The Hall–Kier alpha value is -0.570. The number of rotatable bonds is 3. The Morgan fingerprint density at radius 3 is 2.36 bits per heavy atom. The molecule has 2 aliphatic rings. The first kappa shape index (κ1) is 9.97. The highest BCUT2D eigenvalue weighted by molar-refractivity contribution is 5.79. The lowest BCUT2D eigenvalue weighted by atomic mass is 9.91. The van der Waals surface area contributed by atoms with E-state index in [-0.39, 0.29) is 5.92 Å². The van der Waals surface area contributed by atoms with E-state index in [4.69, 9.17) is 0 Å². The van der Waals surface area contributed by atoms with Gasteiger partial charge in [-0.25, -0.2) is 0 Å². The molecule has 0 aromatic heterocycles. The van der Waals surface area contributed by atoms with E-state index in [1.807, 2.05) is 18.7 Å². The Kier molecular flexibility index (Phi) is 2.77. The van der Waals surface area contributed by atoms with Crippen LogP contribution in [0.1, 0.15) is 33.1 Å². The molecular weight excluding hydrogens is 176 g/mol. The number of carbonyl (C=O) groups is 1. The minimum Gasteiger partial charge on any atom is -0.339 e. The van der Waals surface area contributed by atoms with E-state index >= 15 is 0 Å². The van der Waals surface area contributed by atoms with Crippen LogP contribution in [0.3, 0.4) is 0 Å². The third kappa shape index (κ3) is 1.92. The number of hydrogen-bond acceptors (Lipinski definition) is 2. The van der Waals surface area contributed by atoms with Gasteiger partial charge in [0.2, 0.25) is 5.91 Å². The van der Waals surface area contributed by atoms with E-state index in [1.165, 1.54) is 19.3 Å². The number of carbonyl (C=O) groups excluding carboxylic acids is 1. The van der Waals surface area contributed by atoms with Crippen molar-refractivity contribution in [3.63, 3.8) is 0 Å². The topological polar surface area (TPSA) is 32.3 Å². The molecule has 1 N–H and O–H groups in total. The van der Waals surface area contributed by atoms with Gasteiger partial charge in [0.1, 0.15) is 0 Å². The van der Waals surface area contributed by atoms with Crippen LogP contribution >= 0.6 is 0 Å². The van der Waals surface area contributed by atoms with Crippen LogP contribution in [0.15, 0.2) is 0 Å². The summed E-state index contributed by atoms with van der Waals surface area (Å²) in [5.41, 5.74) is 0. The smallest absolute Gasteiger partial charge is 0.225 e. The van der Waals surface area contributed by atoms with Crippen LogP contribution in [0.4, 0.5) is 0 Å². The van der Waals surface area contributed by atoms with Crippen molar-refractivity contribution >= 4 is 5.91 Å². The maximum atomic E-state index is 11.5. The van der Waals surface area contributed by atoms with Gasteiger partial charge < -0.3 is 10.2 Å². The number of hydrogen-bond donors (Lipinski definition) is 1. The quantitative estimate of drug-likeness (QED) is 0.730. The second kappa shape index (κ2) is 3.89. The number of nitrogens with one attached hydrogen (secondary N) is 1. The summed E-state index contributed by atoms with van der Waals surface area (Å²) < 4.78 is 0. The molecule has 14 heavy (non-hydrogen) atoms. The van der Waals surface area contributed by atoms with Gasteiger partial charge in [-0.15, -0.1) is 0 Å². The standard InChI is InChI=1S/C11H20N2O/c1-8(2)11(14)13-6-10(7-13)12-9-4-3-5-9/h8-10,12H,3-7H2,1-2H3. The largest absolute Gasteiger partial charge is 0.339 e. The van der Waals surface area contributed by atoms with Gasteiger partial charge in [0.25, 0.3) is 0 Å². The molecule has 0 unspecified atom stereocenters. The molecule has 0 bridgehead atoms. The highest BCUT2D eigenvalue weighted by atomic mass is 16.2. The molecule has 1 amide bonds. The molecule has 80 valence electrons. The molecule has 2 fully saturated rings. The summed E-state index contributed by atoms with van der Waals surface area (Å²) in [6.45, 7) is 5.78. The highest BCUT2D eigenvalue weighted by Crippen LogP contribution is 2.21. The van der Waals surface area contributed by atoms with Gasteiger partial charge in [-0.2, -0.15) is 0 Å². The fraction of sp³-hybridized carbons (Fsp3) is 0.909. The average molecular weight is 196 g/mol. The summed E-state index contributed by atoms with van der Waals surface area (Å²) >= 11 is 0. The lowest BCUT2D eigenvalue weighted by Crippen LogP contribution is -2.63. The molecule has 3 nitrogen and oxygen atoms in total. The van der Waals surface area contributed by atoms with Gasteiger partial charge in [0, 0.05) is 31.1 Å². The van der Waals surface area contributed by atoms with Gasteiger partial charge in [-0.05, 0) is 12.8 Å². The summed E-state index contributed by atoms with van der Waals surface area (Å²) in [5, 5.41) is 3.58. The minimum absolute atomic E-state index is 0.152. The summed E-state index contributed by atoms with van der Waals surface area (Å²) in [6.07, 6.45) is 4.03. The average Bonchev–Trinajstić information content (AvgIpc) is 1.97. The zero-order chi connectivity index (χ0) is 10.1. The van der Waals surface area contributed by atoms with Gasteiger partial charge in [-0.3, -0.25) is 4.79 Å². The van der Waals surface area contributed by atoms with Crippen LogP contribution in [0, 0.1) is 5.92 Å². The van der Waals surface area contributed by atoms with Crippen LogP contribution in [-0.4, -0.2) is 36.0 Å². The molecule has 0 atom stereocenters. The van der Waals surface area contributed by atoms with E-state index in [1.54, 1.807) is 0 Å². The molecule has 1 saturated carbocycles. The second-order valence-corrected chi connectivity index (χ2v) is 4.89. The summed E-state index contributed by atoms with van der Waals surface area (Å²) in [6, 6.07) is 1.32. The Morgan fingerprint density at radius 2 is 1.93 bits per heavy atom. The van der Waals surface area contributed by atoms with Crippen LogP contribution in [0.5, 0.6) is 0 Å². The fourth-order valence-electron chi connectivity index (χ4n) is 2.04. The molecule has 1 aliphatic carbocycles. The SMILES string of the molecule is CC(C)C(=O)N1CC(NC2CCC2)C1. The first-order valence-corrected chi connectivity index (χ1v) is 5.71. The molecule has 0 radical (unpaired) electrons. The summed E-state index contributed by atoms with van der Waals surface area (Å²) in [4.78, 5) is 13.5. The van der Waals surface area contributed by atoms with Crippen molar-refractivity contribution in [1.29, 1.82) is 0 Å². The molecule has 1 heterocycles. The van der Waals surface area contributed by atoms with E-state index in [2.05, 4.69) is 5.32 Å². The van der Waals surface area contributed by atoms with Crippen molar-refractivity contribution in [3.8, 4) is 0 Å². The van der Waals surface area contributed by atoms with E-state index in [9.17, 15) is 4.79 Å². The first-order chi connectivity index (χ1) is 6.66. The zero-order valence-corrected chi connectivity index (χ0v) is 9.12. The Bertz CT molecular complexity index is 217. The summed E-state index contributed by atoms with van der Waals surface area (Å²) in [5.74, 6) is 0.455. The van der Waals surface area contributed by atoms with Crippen molar-refractivity contribution in [2.45, 2.75) is 45.2 Å². The molecule has 3 heteroatoms. The number of likely N-dealkylation sites (tertiary alicyclic amines) is 1. The maximum absolute atomic E-state index is 11.5. The third-order valence-corrected chi connectivity index (χ3v) is 3.26. The maximum Gasteiger partial charge on any atom is 0.225 e. The van der Waals surface area contributed by atoms with Gasteiger partial charge in [-0.1, -0.05) is 20.3 Å². The van der Waals surface area contributed by atoms with Crippen molar-refractivity contribution in [3.05, 3.63) is 0 Å². The van der Waals surface area contributed by atoms with Crippen molar-refractivity contribution in [1.82, 2.24) is 10.2 Å². The van der Waals surface area contributed by atoms with Crippen LogP contribution in [0.2, 0.25) is 0 Å². The van der Waals surface area contributed by atoms with Gasteiger partial charge in [0.05, 0.1) is 0 Å². The van der Waals surface area contributed by atoms with E-state index in [0.717, 1.165) is 19.1 Å². The monoisotopic (exact) mass is 196 g/mol. The normalized spacial score (nSPS) is 23.5. The van der Waals surface area contributed by atoms with Crippen molar-refractivity contribution in [2.24, 2.45) is 5.92 Å².